The van der Waals surface area contributed by atoms with Gasteiger partial charge in [-0.1, -0.05) is 90.4 Å². The van der Waals surface area contributed by atoms with Gasteiger partial charge >= 0.3 is 0 Å². The molecule has 0 unspecified atom stereocenters. The van der Waals surface area contributed by atoms with Crippen molar-refractivity contribution < 1.29 is 0 Å². The summed E-state index contributed by atoms with van der Waals surface area (Å²) in [7, 11) is 0. The van der Waals surface area contributed by atoms with Crippen LogP contribution in [-0.4, -0.2) is 29.6 Å². The SMILES string of the molecule is CCCCCCCCCCCCCCCCNc1ncnc(N2CCCC2)c1N. The molecular weight excluding hydrogens is 358 g/mol. The van der Waals surface area contributed by atoms with Gasteiger partial charge in [0.25, 0.3) is 0 Å². The molecule has 0 atom stereocenters. The maximum atomic E-state index is 6.29. The van der Waals surface area contributed by atoms with E-state index in [0.717, 1.165) is 31.3 Å². The molecule has 0 radical (unpaired) electrons. The molecule has 2 heterocycles. The molecule has 0 spiro atoms. The van der Waals surface area contributed by atoms with Gasteiger partial charge in [0.2, 0.25) is 0 Å². The largest absolute Gasteiger partial charge is 0.393 e. The third-order valence-corrected chi connectivity index (χ3v) is 6.09. The first kappa shape index (κ1) is 23.8. The summed E-state index contributed by atoms with van der Waals surface area (Å²) in [5, 5.41) is 3.42. The summed E-state index contributed by atoms with van der Waals surface area (Å²) in [6, 6.07) is 0. The van der Waals surface area contributed by atoms with Gasteiger partial charge in [-0.2, -0.15) is 0 Å². The average molecular weight is 404 g/mol. The Morgan fingerprint density at radius 2 is 1.31 bits per heavy atom. The number of nitrogens with one attached hydrogen (secondary N) is 1. The third-order valence-electron chi connectivity index (χ3n) is 6.09. The van der Waals surface area contributed by atoms with Crippen LogP contribution in [0.15, 0.2) is 6.33 Å². The molecule has 5 heteroatoms. The van der Waals surface area contributed by atoms with E-state index in [1.165, 1.54) is 103 Å². The highest BCUT2D eigenvalue weighted by molar-refractivity contribution is 5.75. The van der Waals surface area contributed by atoms with Crippen LogP contribution < -0.4 is 16.0 Å². The van der Waals surface area contributed by atoms with Crippen molar-refractivity contribution in [3.05, 3.63) is 6.33 Å². The highest BCUT2D eigenvalue weighted by Gasteiger charge is 2.18. The lowest BCUT2D eigenvalue weighted by Crippen LogP contribution is -2.21. The van der Waals surface area contributed by atoms with Crippen molar-refractivity contribution in [2.75, 3.05) is 35.6 Å². The Kier molecular flexibility index (Phi) is 12.6. The lowest BCUT2D eigenvalue weighted by molar-refractivity contribution is 0.537. The summed E-state index contributed by atoms with van der Waals surface area (Å²) >= 11 is 0. The molecular formula is C24H45N5. The van der Waals surface area contributed by atoms with Gasteiger partial charge < -0.3 is 16.0 Å². The van der Waals surface area contributed by atoms with E-state index in [1.54, 1.807) is 6.33 Å². The van der Waals surface area contributed by atoms with Crippen LogP contribution >= 0.6 is 0 Å². The fourth-order valence-electron chi connectivity index (χ4n) is 4.23. The third kappa shape index (κ3) is 9.68. The van der Waals surface area contributed by atoms with Crippen LogP contribution in [-0.2, 0) is 0 Å². The van der Waals surface area contributed by atoms with E-state index in [-0.39, 0.29) is 0 Å². The van der Waals surface area contributed by atoms with E-state index in [4.69, 9.17) is 5.73 Å². The lowest BCUT2D eigenvalue weighted by Gasteiger charge is -2.19. The molecule has 5 nitrogen and oxygen atoms in total. The topological polar surface area (TPSA) is 67.1 Å². The Morgan fingerprint density at radius 1 is 0.793 bits per heavy atom. The number of rotatable bonds is 17. The Bertz CT molecular complexity index is 528. The molecule has 2 rings (SSSR count). The van der Waals surface area contributed by atoms with Gasteiger partial charge in [-0.15, -0.1) is 0 Å². The molecule has 1 aromatic heterocycles. The minimum absolute atomic E-state index is 0.708. The van der Waals surface area contributed by atoms with Crippen LogP contribution in [0, 0.1) is 0 Å². The molecule has 1 fully saturated rings. The van der Waals surface area contributed by atoms with Crippen molar-refractivity contribution in [3.8, 4) is 0 Å². The van der Waals surface area contributed by atoms with E-state index < -0.39 is 0 Å². The standard InChI is InChI=1S/C24H45N5/c1-2-3-4-5-6-7-8-9-10-11-12-13-14-15-18-26-23-22(25)24(28-21-27-23)29-19-16-17-20-29/h21H,2-20,25H2,1H3,(H,26,27,28). The summed E-state index contributed by atoms with van der Waals surface area (Å²) in [6.45, 7) is 5.34. The van der Waals surface area contributed by atoms with Crippen LogP contribution in [0.5, 0.6) is 0 Å². The van der Waals surface area contributed by atoms with Crippen LogP contribution in [0.25, 0.3) is 0 Å². The molecule has 166 valence electrons. The van der Waals surface area contributed by atoms with Gasteiger partial charge in [0.05, 0.1) is 0 Å². The van der Waals surface area contributed by atoms with Crippen molar-refractivity contribution in [1.29, 1.82) is 0 Å². The smallest absolute Gasteiger partial charge is 0.157 e. The van der Waals surface area contributed by atoms with Crippen molar-refractivity contribution in [2.24, 2.45) is 0 Å². The number of aromatic nitrogens is 2. The average Bonchev–Trinajstić information content (AvgIpc) is 3.26. The predicted octanol–water partition coefficient (Wildman–Crippen LogP) is 6.55. The maximum Gasteiger partial charge on any atom is 0.157 e. The van der Waals surface area contributed by atoms with Crippen molar-refractivity contribution in [2.45, 2.75) is 110 Å². The normalized spacial score (nSPS) is 13.9. The summed E-state index contributed by atoms with van der Waals surface area (Å²) in [4.78, 5) is 11.0. The van der Waals surface area contributed by atoms with E-state index in [9.17, 15) is 0 Å². The maximum absolute atomic E-state index is 6.29. The summed E-state index contributed by atoms with van der Waals surface area (Å²) in [5.41, 5.74) is 7.00. The van der Waals surface area contributed by atoms with Crippen molar-refractivity contribution in [1.82, 2.24) is 9.97 Å². The zero-order valence-corrected chi connectivity index (χ0v) is 18.9. The molecule has 0 aliphatic carbocycles. The Morgan fingerprint density at radius 3 is 1.86 bits per heavy atom. The monoisotopic (exact) mass is 403 g/mol. The fraction of sp³-hybridized carbons (Fsp3) is 0.833. The Balaban J connectivity index is 1.42. The van der Waals surface area contributed by atoms with E-state index in [1.807, 2.05) is 0 Å². The first-order valence-corrected chi connectivity index (χ1v) is 12.4. The van der Waals surface area contributed by atoms with Crippen LogP contribution in [0.1, 0.15) is 110 Å². The molecule has 1 aliphatic heterocycles. The van der Waals surface area contributed by atoms with Gasteiger partial charge in [0.1, 0.15) is 12.0 Å². The van der Waals surface area contributed by atoms with Crippen LogP contribution in [0.3, 0.4) is 0 Å². The van der Waals surface area contributed by atoms with Gasteiger partial charge in [0.15, 0.2) is 11.6 Å². The van der Waals surface area contributed by atoms with Crippen molar-refractivity contribution >= 4 is 17.3 Å². The highest BCUT2D eigenvalue weighted by atomic mass is 15.2. The number of nitrogens with zero attached hydrogens (tertiary/aromatic N) is 3. The van der Waals surface area contributed by atoms with Crippen molar-refractivity contribution in [3.63, 3.8) is 0 Å². The first-order chi connectivity index (χ1) is 14.3. The minimum atomic E-state index is 0.708. The van der Waals surface area contributed by atoms with Gasteiger partial charge in [-0.25, -0.2) is 9.97 Å². The molecule has 0 saturated carbocycles. The molecule has 1 saturated heterocycles. The lowest BCUT2D eigenvalue weighted by atomic mass is 10.0. The quantitative estimate of drug-likeness (QED) is 0.289. The van der Waals surface area contributed by atoms with Gasteiger partial charge in [-0.3, -0.25) is 0 Å². The molecule has 0 amide bonds. The molecule has 1 aliphatic rings. The second-order valence-electron chi connectivity index (χ2n) is 8.68. The summed E-state index contributed by atoms with van der Waals surface area (Å²) < 4.78 is 0. The minimum Gasteiger partial charge on any atom is -0.393 e. The fourth-order valence-corrected chi connectivity index (χ4v) is 4.23. The second kappa shape index (κ2) is 15.3. The summed E-state index contributed by atoms with van der Waals surface area (Å²) in [5.74, 6) is 1.71. The van der Waals surface area contributed by atoms with Gasteiger partial charge in [0, 0.05) is 19.6 Å². The number of nitrogens with two attached hydrogens (primary N) is 1. The van der Waals surface area contributed by atoms with E-state index in [0.29, 0.717) is 5.69 Å². The number of nitrogen functional groups attached to an aromatic ring is 1. The number of anilines is 3. The van der Waals surface area contributed by atoms with E-state index >= 15 is 0 Å². The van der Waals surface area contributed by atoms with Gasteiger partial charge in [-0.05, 0) is 19.3 Å². The molecule has 29 heavy (non-hydrogen) atoms. The number of unbranched alkanes of at least 4 members (excludes halogenated alkanes) is 13. The molecule has 3 N–H and O–H groups in total. The zero-order chi connectivity index (χ0) is 20.6. The second-order valence-corrected chi connectivity index (χ2v) is 8.68. The first-order valence-electron chi connectivity index (χ1n) is 12.4. The summed E-state index contributed by atoms with van der Waals surface area (Å²) in [6.07, 6.45) is 23.5. The Labute approximate surface area is 179 Å². The molecule has 0 bridgehead atoms. The zero-order valence-electron chi connectivity index (χ0n) is 18.9. The molecule has 0 aromatic carbocycles. The highest BCUT2D eigenvalue weighted by Crippen LogP contribution is 2.28. The number of hydrogen-bond acceptors (Lipinski definition) is 5. The molecule has 1 aromatic rings. The van der Waals surface area contributed by atoms with Crippen LogP contribution in [0.4, 0.5) is 17.3 Å². The Hall–Kier alpha value is -1.52. The number of hydrogen-bond donors (Lipinski definition) is 2. The predicted molar refractivity (Wildman–Crippen MR) is 127 cm³/mol. The van der Waals surface area contributed by atoms with Crippen LogP contribution in [0.2, 0.25) is 0 Å². The van der Waals surface area contributed by atoms with E-state index in [2.05, 4.69) is 27.1 Å².